The molecule has 3 aromatic rings. The third-order valence-electron chi connectivity index (χ3n) is 7.23. The topological polar surface area (TPSA) is 103 Å². The van der Waals surface area contributed by atoms with Gasteiger partial charge >= 0.3 is 0 Å². The first kappa shape index (κ1) is 25.3. The molecule has 0 saturated carbocycles. The molecule has 2 aliphatic rings. The number of hydrogen-bond donors (Lipinski definition) is 2. The summed E-state index contributed by atoms with van der Waals surface area (Å²) in [6.07, 6.45) is 7.79. The van der Waals surface area contributed by atoms with E-state index in [1.807, 2.05) is 18.2 Å². The number of carbonyl (C=O) groups excluding carboxylic acids is 1. The quantitative estimate of drug-likeness (QED) is 0.484. The van der Waals surface area contributed by atoms with Gasteiger partial charge in [0.15, 0.2) is 0 Å². The molecule has 2 aromatic carbocycles. The molecular formula is C29H33N3O5. The number of amides is 1. The third-order valence-corrected chi connectivity index (χ3v) is 7.23. The maximum Gasteiger partial charge on any atom is 0.271 e. The summed E-state index contributed by atoms with van der Waals surface area (Å²) in [7, 11) is 1.67. The van der Waals surface area contributed by atoms with Crippen LogP contribution in [0.5, 0.6) is 5.75 Å². The van der Waals surface area contributed by atoms with Crippen LogP contribution in [0.4, 0.5) is 0 Å². The van der Waals surface area contributed by atoms with Crippen molar-refractivity contribution in [3.8, 4) is 16.9 Å². The fraction of sp³-hybridized carbons (Fsp3) is 0.414. The number of nitrogens with one attached hydrogen (secondary N) is 1. The smallest absolute Gasteiger partial charge is 0.271 e. The Hall–Kier alpha value is -3.33. The van der Waals surface area contributed by atoms with Gasteiger partial charge in [-0.2, -0.15) is 0 Å². The van der Waals surface area contributed by atoms with Crippen molar-refractivity contribution in [3.05, 3.63) is 78.4 Å². The zero-order valence-electron chi connectivity index (χ0n) is 21.0. The molecule has 2 N–H and O–H groups in total. The minimum absolute atomic E-state index is 0.00492. The lowest BCUT2D eigenvalue weighted by Gasteiger charge is -2.45. The number of rotatable bonds is 8. The monoisotopic (exact) mass is 503 g/mol. The highest BCUT2D eigenvalue weighted by atomic mass is 16.6. The van der Waals surface area contributed by atoms with Crippen molar-refractivity contribution in [1.29, 1.82) is 0 Å². The Kier molecular flexibility index (Phi) is 8.08. The van der Waals surface area contributed by atoms with Gasteiger partial charge in [0.2, 0.25) is 0 Å². The van der Waals surface area contributed by atoms with Crippen LogP contribution < -0.4 is 10.1 Å². The Morgan fingerprint density at radius 3 is 2.70 bits per heavy atom. The normalized spacial score (nSPS) is 25.2. The molecule has 8 nitrogen and oxygen atoms in total. The highest BCUT2D eigenvalue weighted by Gasteiger charge is 2.42. The molecule has 37 heavy (non-hydrogen) atoms. The fourth-order valence-corrected chi connectivity index (χ4v) is 5.21. The van der Waals surface area contributed by atoms with Crippen molar-refractivity contribution in [2.75, 3.05) is 13.7 Å². The van der Waals surface area contributed by atoms with Crippen LogP contribution in [-0.2, 0) is 15.9 Å². The molecule has 5 rings (SSSR count). The van der Waals surface area contributed by atoms with Crippen LogP contribution in [0.2, 0.25) is 0 Å². The first-order chi connectivity index (χ1) is 18.1. The Bertz CT molecular complexity index is 1170. The summed E-state index contributed by atoms with van der Waals surface area (Å²) in [5.74, 6) is 0.559. The molecular weight excluding hydrogens is 470 g/mol. The number of hydrogen-bond acceptors (Lipinski definition) is 7. The summed E-state index contributed by atoms with van der Waals surface area (Å²) < 4.78 is 17.9. The van der Waals surface area contributed by atoms with E-state index in [0.717, 1.165) is 42.6 Å². The van der Waals surface area contributed by atoms with Crippen LogP contribution in [0.1, 0.15) is 41.7 Å². The van der Waals surface area contributed by atoms with E-state index >= 15 is 0 Å². The third kappa shape index (κ3) is 6.15. The lowest BCUT2D eigenvalue weighted by molar-refractivity contribution is -0.201. The van der Waals surface area contributed by atoms with E-state index in [4.69, 9.17) is 14.2 Å². The number of aliphatic hydroxyl groups is 1. The molecule has 5 atom stereocenters. The molecule has 1 aromatic heterocycles. The van der Waals surface area contributed by atoms with Gasteiger partial charge in [-0.3, -0.25) is 9.78 Å². The first-order valence-corrected chi connectivity index (χ1v) is 12.8. The van der Waals surface area contributed by atoms with E-state index in [1.54, 1.807) is 13.3 Å². The number of fused-ring (bicyclic) bond motifs is 1. The highest BCUT2D eigenvalue weighted by Crippen LogP contribution is 2.33. The summed E-state index contributed by atoms with van der Waals surface area (Å²) >= 11 is 0. The van der Waals surface area contributed by atoms with Crippen LogP contribution in [0.25, 0.3) is 11.1 Å². The van der Waals surface area contributed by atoms with Gasteiger partial charge in [-0.25, -0.2) is 4.98 Å². The lowest BCUT2D eigenvalue weighted by atomic mass is 9.88. The van der Waals surface area contributed by atoms with Crippen LogP contribution in [0.3, 0.4) is 0 Å². The number of carbonyl (C=O) groups is 1. The fourth-order valence-electron chi connectivity index (χ4n) is 5.21. The summed E-state index contributed by atoms with van der Waals surface area (Å²) in [5, 5.41) is 12.7. The van der Waals surface area contributed by atoms with E-state index in [9.17, 15) is 9.90 Å². The molecule has 0 aliphatic carbocycles. The highest BCUT2D eigenvalue weighted by molar-refractivity contribution is 5.92. The summed E-state index contributed by atoms with van der Waals surface area (Å²) in [6, 6.07) is 16.3. The summed E-state index contributed by atoms with van der Waals surface area (Å²) in [6.45, 7) is -0.00492. The molecule has 0 spiro atoms. The summed E-state index contributed by atoms with van der Waals surface area (Å²) in [5.41, 5.74) is 3.72. The van der Waals surface area contributed by atoms with Gasteiger partial charge in [0.05, 0.1) is 50.4 Å². The van der Waals surface area contributed by atoms with Crippen LogP contribution >= 0.6 is 0 Å². The van der Waals surface area contributed by atoms with E-state index in [0.29, 0.717) is 6.42 Å². The van der Waals surface area contributed by atoms with Gasteiger partial charge in [0.1, 0.15) is 11.4 Å². The first-order valence-electron chi connectivity index (χ1n) is 12.8. The molecule has 0 unspecified atom stereocenters. The van der Waals surface area contributed by atoms with Gasteiger partial charge in [0.25, 0.3) is 5.91 Å². The standard InChI is InChI=1S/C29H33N3O5/c1-35-22-4-2-3-21(15-22)20-8-5-19(6-9-20)7-11-26-24(32-29(34)25-17-30-13-14-31-25)16-28-27(37-26)12-10-23(18-33)36-28/h2-6,8-9,13-15,17,23-24,26-28,33H,7,10-12,16,18H2,1H3,(H,32,34)/t23-,24+,26+,27-,28-/m0/s1. The molecule has 2 aliphatic heterocycles. The number of aromatic nitrogens is 2. The maximum absolute atomic E-state index is 12.9. The van der Waals surface area contributed by atoms with E-state index in [1.165, 1.54) is 18.0 Å². The molecule has 3 heterocycles. The lowest BCUT2D eigenvalue weighted by Crippen LogP contribution is -2.57. The molecule has 0 radical (unpaired) electrons. The molecule has 194 valence electrons. The van der Waals surface area contributed by atoms with E-state index in [2.05, 4.69) is 45.6 Å². The van der Waals surface area contributed by atoms with Gasteiger partial charge in [-0.15, -0.1) is 0 Å². The largest absolute Gasteiger partial charge is 0.497 e. The van der Waals surface area contributed by atoms with Crippen molar-refractivity contribution < 1.29 is 24.1 Å². The molecule has 2 saturated heterocycles. The number of benzene rings is 2. The van der Waals surface area contributed by atoms with Crippen LogP contribution in [-0.4, -0.2) is 65.2 Å². The Morgan fingerprint density at radius 1 is 1.08 bits per heavy atom. The number of aliphatic hydroxyl groups excluding tert-OH is 1. The van der Waals surface area contributed by atoms with Gasteiger partial charge in [0, 0.05) is 12.4 Å². The predicted octanol–water partition coefficient (Wildman–Crippen LogP) is 3.58. The Morgan fingerprint density at radius 2 is 1.95 bits per heavy atom. The maximum atomic E-state index is 12.9. The number of ether oxygens (including phenoxy) is 3. The van der Waals surface area contributed by atoms with Crippen molar-refractivity contribution >= 4 is 5.91 Å². The average molecular weight is 504 g/mol. The zero-order chi connectivity index (χ0) is 25.6. The van der Waals surface area contributed by atoms with Crippen molar-refractivity contribution in [3.63, 3.8) is 0 Å². The number of aryl methyl sites for hydroxylation is 1. The molecule has 0 bridgehead atoms. The van der Waals surface area contributed by atoms with E-state index in [-0.39, 0.29) is 48.7 Å². The minimum Gasteiger partial charge on any atom is -0.497 e. The second-order valence-corrected chi connectivity index (χ2v) is 9.64. The number of nitrogens with zero attached hydrogens (tertiary/aromatic N) is 2. The molecule has 2 fully saturated rings. The molecule has 1 amide bonds. The van der Waals surface area contributed by atoms with Crippen molar-refractivity contribution in [2.45, 2.75) is 62.6 Å². The second-order valence-electron chi connectivity index (χ2n) is 9.64. The predicted molar refractivity (Wildman–Crippen MR) is 138 cm³/mol. The van der Waals surface area contributed by atoms with Crippen LogP contribution in [0.15, 0.2) is 67.1 Å². The van der Waals surface area contributed by atoms with Gasteiger partial charge < -0.3 is 24.6 Å². The van der Waals surface area contributed by atoms with Gasteiger partial charge in [-0.1, -0.05) is 36.4 Å². The van der Waals surface area contributed by atoms with E-state index < -0.39 is 0 Å². The Labute approximate surface area is 217 Å². The average Bonchev–Trinajstić information content (AvgIpc) is 2.96. The second kappa shape index (κ2) is 11.8. The minimum atomic E-state index is -0.276. The number of methoxy groups -OCH3 is 1. The van der Waals surface area contributed by atoms with Crippen molar-refractivity contribution in [2.24, 2.45) is 0 Å². The SMILES string of the molecule is COc1cccc(-c2ccc(CC[C@H]3O[C@H]4CC[C@@H](CO)O[C@H]4C[C@H]3NC(=O)c3cnccn3)cc2)c1. The summed E-state index contributed by atoms with van der Waals surface area (Å²) in [4.78, 5) is 21.0. The van der Waals surface area contributed by atoms with Crippen LogP contribution in [0, 0.1) is 0 Å². The zero-order valence-corrected chi connectivity index (χ0v) is 21.0. The van der Waals surface area contributed by atoms with Gasteiger partial charge in [-0.05, 0) is 60.9 Å². The molecule has 8 heteroatoms. The van der Waals surface area contributed by atoms with Crippen molar-refractivity contribution in [1.82, 2.24) is 15.3 Å². The Balaban J connectivity index is 1.26.